The first-order chi connectivity index (χ1) is 19.2. The number of likely N-dealkylation sites (N-methyl/N-ethyl adjacent to an activating group) is 1. The maximum Gasteiger partial charge on any atom is 0.250 e. The summed E-state index contributed by atoms with van der Waals surface area (Å²) in [4.78, 5) is 45.4. The first-order valence-corrected chi connectivity index (χ1v) is 13.7. The topological polar surface area (TPSA) is 96.7 Å². The van der Waals surface area contributed by atoms with E-state index in [1.54, 1.807) is 37.6 Å². The number of benzene rings is 2. The van der Waals surface area contributed by atoms with Crippen molar-refractivity contribution in [2.24, 2.45) is 15.9 Å². The summed E-state index contributed by atoms with van der Waals surface area (Å²) >= 11 is 1.49. The third kappa shape index (κ3) is 4.40. The van der Waals surface area contributed by atoms with Crippen molar-refractivity contribution >= 4 is 44.8 Å². The summed E-state index contributed by atoms with van der Waals surface area (Å²) in [6.45, 7) is 5.95. The van der Waals surface area contributed by atoms with Crippen LogP contribution in [0, 0.1) is 18.7 Å². The van der Waals surface area contributed by atoms with Crippen molar-refractivity contribution in [3.8, 4) is 0 Å². The normalized spacial score (nSPS) is 19.6. The number of carbonyl (C=O) groups is 2. The van der Waals surface area contributed by atoms with Crippen LogP contribution in [0.4, 0.5) is 4.39 Å². The number of halogens is 1. The second kappa shape index (κ2) is 9.75. The van der Waals surface area contributed by atoms with Crippen molar-refractivity contribution in [1.82, 2.24) is 15.3 Å². The fourth-order valence-corrected chi connectivity index (χ4v) is 6.34. The second-order valence-electron chi connectivity index (χ2n) is 10.4. The van der Waals surface area contributed by atoms with Gasteiger partial charge in [0.05, 0.1) is 33.4 Å². The Morgan fingerprint density at radius 3 is 2.48 bits per heavy atom. The molecule has 6 rings (SSSR count). The number of ketones is 1. The molecule has 3 aliphatic rings. The van der Waals surface area contributed by atoms with Gasteiger partial charge < -0.3 is 5.32 Å². The summed E-state index contributed by atoms with van der Waals surface area (Å²) in [6.07, 6.45) is 5.41. The van der Waals surface area contributed by atoms with Gasteiger partial charge >= 0.3 is 0 Å². The van der Waals surface area contributed by atoms with Crippen LogP contribution in [0.1, 0.15) is 46.7 Å². The van der Waals surface area contributed by atoms with Gasteiger partial charge in [-0.3, -0.25) is 14.6 Å². The number of aryl methyl sites for hydroxylation is 1. The van der Waals surface area contributed by atoms with Gasteiger partial charge in [0, 0.05) is 35.5 Å². The Labute approximate surface area is 235 Å². The molecule has 3 aliphatic heterocycles. The Bertz CT molecular complexity index is 1690. The number of hydrogen-bond donors (Lipinski definition) is 1. The summed E-state index contributed by atoms with van der Waals surface area (Å²) in [5, 5.41) is 3.50. The monoisotopic (exact) mass is 551 g/mol. The molecule has 0 saturated heterocycles. The Hall–Kier alpha value is -4.24. The number of rotatable bonds is 7. The molecule has 3 aromatic rings. The average Bonchev–Trinajstić information content (AvgIpc) is 3.57. The van der Waals surface area contributed by atoms with Gasteiger partial charge in [0.1, 0.15) is 11.6 Å². The minimum Gasteiger partial charge on any atom is -0.355 e. The summed E-state index contributed by atoms with van der Waals surface area (Å²) in [7, 11) is 1.58. The molecular weight excluding hydrogens is 525 g/mol. The molecule has 1 aromatic heterocycles. The minimum atomic E-state index is -0.542. The van der Waals surface area contributed by atoms with Crippen LogP contribution in [0.25, 0.3) is 10.6 Å². The van der Waals surface area contributed by atoms with E-state index in [1.807, 2.05) is 45.0 Å². The van der Waals surface area contributed by atoms with Crippen LogP contribution < -0.4 is 5.32 Å². The van der Waals surface area contributed by atoms with Gasteiger partial charge in [-0.05, 0) is 68.3 Å². The van der Waals surface area contributed by atoms with E-state index in [2.05, 4.69) is 20.3 Å². The van der Waals surface area contributed by atoms with Crippen LogP contribution in [-0.4, -0.2) is 45.5 Å². The maximum absolute atomic E-state index is 13.5. The zero-order chi connectivity index (χ0) is 28.2. The van der Waals surface area contributed by atoms with Crippen molar-refractivity contribution in [2.45, 2.75) is 32.2 Å². The third-order valence-corrected chi connectivity index (χ3v) is 8.57. The maximum atomic E-state index is 13.5. The molecule has 0 radical (unpaired) electrons. The van der Waals surface area contributed by atoms with Crippen LogP contribution >= 0.6 is 11.8 Å². The van der Waals surface area contributed by atoms with Gasteiger partial charge in [-0.2, -0.15) is 0 Å². The number of Topliss-reactive ketones (excluding diaryl/α,β-unsaturated/α-hetero) is 1. The third-order valence-electron chi connectivity index (χ3n) is 7.44. The first-order valence-electron chi connectivity index (χ1n) is 12.9. The standard InChI is InChI=1S/C31H26FN5O2S/c1-16-6-7-18(26(38)25-27(36-25)31(2,3)30-34-12-5-13-35-30)14-20(16)22-15-21-23(28(39)33-4)24(37-29(21)40-22)17-8-10-19(32)11-9-17/h5-15,21,25H,1-4H3,(H,33,39). The van der Waals surface area contributed by atoms with E-state index >= 15 is 0 Å². The van der Waals surface area contributed by atoms with E-state index in [4.69, 9.17) is 4.99 Å². The lowest BCUT2D eigenvalue weighted by atomic mass is 9.85. The molecule has 2 atom stereocenters. The molecule has 40 heavy (non-hydrogen) atoms. The zero-order valence-electron chi connectivity index (χ0n) is 22.4. The molecule has 0 bridgehead atoms. The number of aromatic nitrogens is 2. The lowest BCUT2D eigenvalue weighted by Gasteiger charge is -2.18. The Kier molecular flexibility index (Phi) is 6.34. The molecule has 1 amide bonds. The van der Waals surface area contributed by atoms with Gasteiger partial charge in [-0.15, -0.1) is 0 Å². The number of amides is 1. The van der Waals surface area contributed by atoms with Crippen molar-refractivity contribution in [3.63, 3.8) is 0 Å². The lowest BCUT2D eigenvalue weighted by molar-refractivity contribution is -0.117. The summed E-state index contributed by atoms with van der Waals surface area (Å²) in [5.74, 6) is -0.327. The van der Waals surface area contributed by atoms with Gasteiger partial charge in [-0.25, -0.2) is 19.4 Å². The van der Waals surface area contributed by atoms with Gasteiger partial charge in [0.15, 0.2) is 11.8 Å². The molecule has 1 N–H and O–H groups in total. The predicted octanol–water partition coefficient (Wildman–Crippen LogP) is 5.18. The van der Waals surface area contributed by atoms with Gasteiger partial charge in [0.2, 0.25) is 5.91 Å². The van der Waals surface area contributed by atoms with E-state index in [0.717, 1.165) is 26.8 Å². The molecular formula is C31H26FN5O2S. The number of carbonyl (C=O) groups excluding carboxylic acids is 2. The van der Waals surface area contributed by atoms with Crippen LogP contribution in [-0.2, 0) is 10.2 Å². The van der Waals surface area contributed by atoms with E-state index in [1.165, 1.54) is 23.9 Å². The van der Waals surface area contributed by atoms with E-state index in [-0.39, 0.29) is 23.4 Å². The lowest BCUT2D eigenvalue weighted by Crippen LogP contribution is -2.31. The second-order valence-corrected chi connectivity index (χ2v) is 11.5. The van der Waals surface area contributed by atoms with Crippen LogP contribution in [0.5, 0.6) is 0 Å². The summed E-state index contributed by atoms with van der Waals surface area (Å²) < 4.78 is 13.5. The molecule has 0 saturated carbocycles. The van der Waals surface area contributed by atoms with Crippen LogP contribution in [0.2, 0.25) is 0 Å². The van der Waals surface area contributed by atoms with Crippen molar-refractivity contribution in [2.75, 3.05) is 7.05 Å². The average molecular weight is 552 g/mol. The highest BCUT2D eigenvalue weighted by Gasteiger charge is 2.47. The van der Waals surface area contributed by atoms with Crippen LogP contribution in [0.3, 0.4) is 0 Å². The molecule has 0 fully saturated rings. The van der Waals surface area contributed by atoms with Crippen molar-refractivity contribution in [1.29, 1.82) is 0 Å². The summed E-state index contributed by atoms with van der Waals surface area (Å²) in [5.41, 5.74) is 4.49. The van der Waals surface area contributed by atoms with E-state index < -0.39 is 11.5 Å². The largest absolute Gasteiger partial charge is 0.355 e. The molecule has 4 heterocycles. The number of hydrogen-bond acceptors (Lipinski definition) is 7. The smallest absolute Gasteiger partial charge is 0.250 e. The highest BCUT2D eigenvalue weighted by molar-refractivity contribution is 8.22. The Morgan fingerprint density at radius 1 is 1.05 bits per heavy atom. The van der Waals surface area contributed by atoms with Crippen molar-refractivity contribution < 1.29 is 14.0 Å². The molecule has 0 spiro atoms. The first kappa shape index (κ1) is 26.0. The Balaban J connectivity index is 1.28. The fraction of sp³-hybridized carbons (Fsp3) is 0.226. The predicted molar refractivity (Wildman–Crippen MR) is 156 cm³/mol. The fourth-order valence-electron chi connectivity index (χ4n) is 5.13. The number of nitrogens with one attached hydrogen (secondary N) is 1. The minimum absolute atomic E-state index is 0.0640. The van der Waals surface area contributed by atoms with Crippen LogP contribution in [0.15, 0.2) is 82.6 Å². The number of aliphatic imine (C=N–C) groups is 2. The van der Waals surface area contributed by atoms with E-state index in [9.17, 15) is 14.0 Å². The molecule has 0 aliphatic carbocycles. The number of thioether (sulfide) groups is 1. The number of nitrogens with zero attached hydrogens (tertiary/aromatic N) is 4. The summed E-state index contributed by atoms with van der Waals surface area (Å²) in [6, 6.07) is 12.9. The molecule has 2 aromatic carbocycles. The van der Waals surface area contributed by atoms with Gasteiger partial charge in [-0.1, -0.05) is 30.0 Å². The van der Waals surface area contributed by atoms with Crippen molar-refractivity contribution in [3.05, 3.63) is 106 Å². The number of fused-ring (bicyclic) bond motifs is 1. The quantitative estimate of drug-likeness (QED) is 0.408. The highest BCUT2D eigenvalue weighted by atomic mass is 32.2. The molecule has 2 unspecified atom stereocenters. The van der Waals surface area contributed by atoms with E-state index in [0.29, 0.717) is 28.2 Å². The molecule has 9 heteroatoms. The van der Waals surface area contributed by atoms with Gasteiger partial charge in [0.25, 0.3) is 0 Å². The SMILES string of the molecule is CNC(=O)C1=C(c2ccc(F)cc2)N=C2SC(c3cc(C(=O)C4N=C4C(C)(C)c4ncccn4)ccc3C)=CC21. The highest BCUT2D eigenvalue weighted by Crippen LogP contribution is 2.49. The molecule has 200 valence electrons. The molecule has 7 nitrogen and oxygen atoms in total. The number of allylic oxidation sites excluding steroid dienone is 1. The zero-order valence-corrected chi connectivity index (χ0v) is 23.2. The Morgan fingerprint density at radius 2 is 1.77 bits per heavy atom.